The van der Waals surface area contributed by atoms with E-state index < -0.39 is 0 Å². The lowest BCUT2D eigenvalue weighted by molar-refractivity contribution is -0.126. The Hall–Kier alpha value is -1.95. The van der Waals surface area contributed by atoms with Crippen LogP contribution in [0.4, 0.5) is 0 Å². The van der Waals surface area contributed by atoms with Gasteiger partial charge in [0.1, 0.15) is 11.5 Å². The summed E-state index contributed by atoms with van der Waals surface area (Å²) in [5, 5.41) is 4.37. The summed E-state index contributed by atoms with van der Waals surface area (Å²) in [6, 6.07) is 11.1. The molecule has 156 valence electrons. The van der Waals surface area contributed by atoms with Crippen molar-refractivity contribution < 1.29 is 14.3 Å². The van der Waals surface area contributed by atoms with Gasteiger partial charge in [-0.15, -0.1) is 0 Å². The molecule has 0 saturated carbocycles. The molecule has 1 aliphatic heterocycles. The molecule has 1 heterocycles. The van der Waals surface area contributed by atoms with Crippen molar-refractivity contribution in [2.24, 2.45) is 5.92 Å². The Balaban J connectivity index is 1.62. The molecular formula is C22H26Cl2N2O3. The van der Waals surface area contributed by atoms with Gasteiger partial charge in [-0.25, -0.2) is 0 Å². The van der Waals surface area contributed by atoms with Crippen LogP contribution in [0, 0.1) is 5.92 Å². The second-order valence-electron chi connectivity index (χ2n) is 7.13. The molecule has 2 aromatic carbocycles. The number of benzene rings is 2. The third kappa shape index (κ3) is 5.35. The summed E-state index contributed by atoms with van der Waals surface area (Å²) >= 11 is 12.6. The Morgan fingerprint density at radius 3 is 2.31 bits per heavy atom. The van der Waals surface area contributed by atoms with Crippen LogP contribution in [-0.2, 0) is 17.9 Å². The van der Waals surface area contributed by atoms with Crippen LogP contribution in [0.15, 0.2) is 36.4 Å². The SMILES string of the molecule is COc1cccc(OC)c1CNC(=O)[C@H]1CCCN(Cc2c(Cl)cccc2Cl)C1. The Morgan fingerprint density at radius 1 is 1.07 bits per heavy atom. The zero-order valence-electron chi connectivity index (χ0n) is 16.7. The van der Waals surface area contributed by atoms with Crippen LogP contribution in [0.1, 0.15) is 24.0 Å². The summed E-state index contributed by atoms with van der Waals surface area (Å²) in [5.74, 6) is 1.35. The number of carbonyl (C=O) groups is 1. The molecule has 2 aromatic rings. The molecule has 3 rings (SSSR count). The van der Waals surface area contributed by atoms with E-state index in [4.69, 9.17) is 32.7 Å². The van der Waals surface area contributed by atoms with Crippen LogP contribution in [0.25, 0.3) is 0 Å². The number of piperidine rings is 1. The minimum Gasteiger partial charge on any atom is -0.496 e. The van der Waals surface area contributed by atoms with Gasteiger partial charge in [-0.05, 0) is 43.7 Å². The Kier molecular flexibility index (Phi) is 7.64. The molecule has 29 heavy (non-hydrogen) atoms. The summed E-state index contributed by atoms with van der Waals surface area (Å²) < 4.78 is 10.8. The quantitative estimate of drug-likeness (QED) is 0.691. The zero-order valence-corrected chi connectivity index (χ0v) is 18.2. The van der Waals surface area contributed by atoms with Gasteiger partial charge in [0.2, 0.25) is 5.91 Å². The second-order valence-corrected chi connectivity index (χ2v) is 7.95. The van der Waals surface area contributed by atoms with Crippen LogP contribution < -0.4 is 14.8 Å². The maximum absolute atomic E-state index is 12.8. The molecule has 1 N–H and O–H groups in total. The molecule has 0 unspecified atom stereocenters. The standard InChI is InChI=1S/C22H26Cl2N2O3/c1-28-20-9-4-10-21(29-2)16(20)12-25-22(27)15-6-5-11-26(13-15)14-17-18(23)7-3-8-19(17)24/h3-4,7-10,15H,5-6,11-14H2,1-2H3,(H,25,27)/t15-/m0/s1. The van der Waals surface area contributed by atoms with Crippen LogP contribution in [-0.4, -0.2) is 38.1 Å². The molecule has 0 radical (unpaired) electrons. The average Bonchev–Trinajstić information content (AvgIpc) is 2.74. The van der Waals surface area contributed by atoms with E-state index in [1.807, 2.05) is 36.4 Å². The summed E-state index contributed by atoms with van der Waals surface area (Å²) in [7, 11) is 3.22. The summed E-state index contributed by atoms with van der Waals surface area (Å²) in [4.78, 5) is 15.1. The van der Waals surface area contributed by atoms with Crippen molar-refractivity contribution in [3.05, 3.63) is 57.6 Å². The van der Waals surface area contributed by atoms with Crippen molar-refractivity contribution in [3.63, 3.8) is 0 Å². The summed E-state index contributed by atoms with van der Waals surface area (Å²) in [6.07, 6.45) is 1.82. The van der Waals surface area contributed by atoms with Gasteiger partial charge in [-0.1, -0.05) is 35.3 Å². The molecule has 5 nitrogen and oxygen atoms in total. The number of rotatable bonds is 7. The maximum Gasteiger partial charge on any atom is 0.224 e. The molecule has 7 heteroatoms. The van der Waals surface area contributed by atoms with Crippen LogP contribution >= 0.6 is 23.2 Å². The third-order valence-electron chi connectivity index (χ3n) is 5.29. The lowest BCUT2D eigenvalue weighted by Crippen LogP contribution is -2.42. The molecule has 1 atom stereocenters. The van der Waals surface area contributed by atoms with Crippen molar-refractivity contribution >= 4 is 29.1 Å². The monoisotopic (exact) mass is 436 g/mol. The number of halogens is 2. The van der Waals surface area contributed by atoms with E-state index in [2.05, 4.69) is 10.2 Å². The minimum absolute atomic E-state index is 0.0351. The number of amides is 1. The van der Waals surface area contributed by atoms with Crippen LogP contribution in [0.3, 0.4) is 0 Å². The van der Waals surface area contributed by atoms with Crippen molar-refractivity contribution in [2.75, 3.05) is 27.3 Å². The van der Waals surface area contributed by atoms with Gasteiger partial charge in [-0.2, -0.15) is 0 Å². The van der Waals surface area contributed by atoms with Gasteiger partial charge < -0.3 is 14.8 Å². The number of nitrogens with one attached hydrogen (secondary N) is 1. The summed E-state index contributed by atoms with van der Waals surface area (Å²) in [6.45, 7) is 2.60. The van der Waals surface area contributed by atoms with E-state index in [0.717, 1.165) is 30.5 Å². The van der Waals surface area contributed by atoms with E-state index in [0.29, 0.717) is 41.2 Å². The van der Waals surface area contributed by atoms with E-state index >= 15 is 0 Å². The first-order valence-corrected chi connectivity index (χ1v) is 10.4. The smallest absolute Gasteiger partial charge is 0.224 e. The largest absolute Gasteiger partial charge is 0.496 e. The molecule has 0 aromatic heterocycles. The topological polar surface area (TPSA) is 50.8 Å². The Morgan fingerprint density at radius 2 is 1.69 bits per heavy atom. The first-order valence-electron chi connectivity index (χ1n) is 9.66. The lowest BCUT2D eigenvalue weighted by Gasteiger charge is -2.32. The highest BCUT2D eigenvalue weighted by Crippen LogP contribution is 2.29. The molecule has 0 bridgehead atoms. The lowest BCUT2D eigenvalue weighted by atomic mass is 9.96. The number of hydrogen-bond donors (Lipinski definition) is 1. The molecule has 1 aliphatic rings. The molecule has 1 saturated heterocycles. The molecule has 1 fully saturated rings. The maximum atomic E-state index is 12.8. The van der Waals surface area contributed by atoms with Crippen molar-refractivity contribution in [3.8, 4) is 11.5 Å². The normalized spacial score (nSPS) is 17.0. The van der Waals surface area contributed by atoms with Gasteiger partial charge in [0.25, 0.3) is 0 Å². The Labute approximate surface area is 181 Å². The molecule has 0 spiro atoms. The van der Waals surface area contributed by atoms with Gasteiger partial charge in [-0.3, -0.25) is 9.69 Å². The first-order chi connectivity index (χ1) is 14.0. The number of hydrogen-bond acceptors (Lipinski definition) is 4. The molecular weight excluding hydrogens is 411 g/mol. The number of nitrogens with zero attached hydrogens (tertiary/aromatic N) is 1. The molecule has 1 amide bonds. The highest BCUT2D eigenvalue weighted by atomic mass is 35.5. The fourth-order valence-electron chi connectivity index (χ4n) is 3.74. The highest BCUT2D eigenvalue weighted by molar-refractivity contribution is 6.35. The molecule has 0 aliphatic carbocycles. The number of carbonyl (C=O) groups excluding carboxylic acids is 1. The average molecular weight is 437 g/mol. The van der Waals surface area contributed by atoms with Crippen molar-refractivity contribution in [1.82, 2.24) is 10.2 Å². The predicted octanol–water partition coefficient (Wildman–Crippen LogP) is 4.54. The predicted molar refractivity (Wildman–Crippen MR) is 116 cm³/mol. The van der Waals surface area contributed by atoms with Crippen molar-refractivity contribution in [2.45, 2.75) is 25.9 Å². The number of methoxy groups -OCH3 is 2. The van der Waals surface area contributed by atoms with E-state index in [1.54, 1.807) is 14.2 Å². The first kappa shape index (κ1) is 21.8. The van der Waals surface area contributed by atoms with Crippen LogP contribution in [0.5, 0.6) is 11.5 Å². The van der Waals surface area contributed by atoms with Crippen LogP contribution in [0.2, 0.25) is 10.0 Å². The Bertz CT molecular complexity index is 817. The second kappa shape index (κ2) is 10.2. The van der Waals surface area contributed by atoms with Gasteiger partial charge in [0, 0.05) is 28.7 Å². The fraction of sp³-hybridized carbons (Fsp3) is 0.409. The fourth-order valence-corrected chi connectivity index (χ4v) is 4.26. The van der Waals surface area contributed by atoms with E-state index in [-0.39, 0.29) is 11.8 Å². The van der Waals surface area contributed by atoms with Gasteiger partial charge in [0.15, 0.2) is 0 Å². The van der Waals surface area contributed by atoms with Gasteiger partial charge >= 0.3 is 0 Å². The van der Waals surface area contributed by atoms with E-state index in [9.17, 15) is 4.79 Å². The zero-order chi connectivity index (χ0) is 20.8. The third-order valence-corrected chi connectivity index (χ3v) is 6.00. The van der Waals surface area contributed by atoms with E-state index in [1.165, 1.54) is 0 Å². The number of likely N-dealkylation sites (tertiary alicyclic amines) is 1. The highest BCUT2D eigenvalue weighted by Gasteiger charge is 2.27. The number of ether oxygens (including phenoxy) is 2. The summed E-state index contributed by atoms with van der Waals surface area (Å²) in [5.41, 5.74) is 1.75. The minimum atomic E-state index is -0.0780. The van der Waals surface area contributed by atoms with Gasteiger partial charge in [0.05, 0.1) is 32.2 Å². The van der Waals surface area contributed by atoms with Crippen molar-refractivity contribution in [1.29, 1.82) is 0 Å².